The Morgan fingerprint density at radius 3 is 3.00 bits per heavy atom. The number of nitrogens with zero attached hydrogens (tertiary/aromatic N) is 4. The Morgan fingerprint density at radius 1 is 1.27 bits per heavy atom. The maximum Gasteiger partial charge on any atom is 0.264 e. The number of hydrogen-bond acceptors (Lipinski definition) is 4. The molecule has 116 valence electrons. The lowest BCUT2D eigenvalue weighted by atomic mass is 9.99. The molecule has 0 unspecified atom stereocenters. The fourth-order valence-corrected chi connectivity index (χ4v) is 4.73. The van der Waals surface area contributed by atoms with Crippen LogP contribution in [0.2, 0.25) is 0 Å². The summed E-state index contributed by atoms with van der Waals surface area (Å²) in [5.74, 6) is 0.198. The number of rotatable bonds is 2. The van der Waals surface area contributed by atoms with Crippen LogP contribution >= 0.6 is 11.3 Å². The van der Waals surface area contributed by atoms with E-state index in [2.05, 4.69) is 16.1 Å². The summed E-state index contributed by atoms with van der Waals surface area (Å²) < 4.78 is 1.89. The van der Waals surface area contributed by atoms with Crippen molar-refractivity contribution in [2.45, 2.75) is 44.6 Å². The summed E-state index contributed by atoms with van der Waals surface area (Å²) in [6.45, 7) is 1.59. The standard InChI is InChI=1S/C16H20N4OS/c21-16(15-8-12-4-1-2-6-14(12)22-15)19-7-3-5-13(9-19)20-11-17-10-18-20/h8,10-11,13H,1-7,9H2/t13-/m0/s1. The van der Waals surface area contributed by atoms with Gasteiger partial charge in [0, 0.05) is 18.0 Å². The predicted octanol–water partition coefficient (Wildman–Crippen LogP) is 2.70. The van der Waals surface area contributed by atoms with Crippen molar-refractivity contribution in [1.82, 2.24) is 19.7 Å². The number of aromatic nitrogens is 3. The number of likely N-dealkylation sites (tertiary alicyclic amines) is 1. The Kier molecular flexibility index (Phi) is 3.70. The smallest absolute Gasteiger partial charge is 0.264 e. The van der Waals surface area contributed by atoms with Crippen LogP contribution in [0.15, 0.2) is 18.7 Å². The Labute approximate surface area is 134 Å². The van der Waals surface area contributed by atoms with Gasteiger partial charge in [-0.3, -0.25) is 4.79 Å². The lowest BCUT2D eigenvalue weighted by Crippen LogP contribution is -2.40. The first-order chi connectivity index (χ1) is 10.8. The zero-order chi connectivity index (χ0) is 14.9. The van der Waals surface area contributed by atoms with Crippen molar-refractivity contribution in [1.29, 1.82) is 0 Å². The second-order valence-electron chi connectivity index (χ2n) is 6.19. The molecule has 0 bridgehead atoms. The van der Waals surface area contributed by atoms with E-state index >= 15 is 0 Å². The van der Waals surface area contributed by atoms with Gasteiger partial charge in [-0.1, -0.05) is 0 Å². The monoisotopic (exact) mass is 316 g/mol. The first kappa shape index (κ1) is 13.9. The van der Waals surface area contributed by atoms with Crippen LogP contribution in [0, 0.1) is 0 Å². The summed E-state index contributed by atoms with van der Waals surface area (Å²) >= 11 is 1.71. The van der Waals surface area contributed by atoms with Crippen molar-refractivity contribution < 1.29 is 4.79 Å². The molecule has 1 amide bonds. The van der Waals surface area contributed by atoms with Gasteiger partial charge in [0.1, 0.15) is 12.7 Å². The average Bonchev–Trinajstić information content (AvgIpc) is 3.23. The molecule has 22 heavy (non-hydrogen) atoms. The van der Waals surface area contributed by atoms with Crippen molar-refractivity contribution in [3.63, 3.8) is 0 Å². The van der Waals surface area contributed by atoms with E-state index in [4.69, 9.17) is 0 Å². The highest BCUT2D eigenvalue weighted by atomic mass is 32.1. The van der Waals surface area contributed by atoms with Gasteiger partial charge in [-0.05, 0) is 50.2 Å². The summed E-state index contributed by atoms with van der Waals surface area (Å²) in [5.41, 5.74) is 1.41. The molecule has 1 fully saturated rings. The highest BCUT2D eigenvalue weighted by Gasteiger charge is 2.27. The molecular formula is C16H20N4OS. The molecular weight excluding hydrogens is 296 g/mol. The van der Waals surface area contributed by atoms with Crippen LogP contribution in [0.4, 0.5) is 0 Å². The fourth-order valence-electron chi connectivity index (χ4n) is 3.51. The number of thiophene rings is 1. The summed E-state index contributed by atoms with van der Waals surface area (Å²) in [5, 5.41) is 4.23. The molecule has 0 saturated carbocycles. The molecule has 2 aliphatic rings. The molecule has 1 saturated heterocycles. The van der Waals surface area contributed by atoms with E-state index in [0.717, 1.165) is 43.6 Å². The van der Waals surface area contributed by atoms with Crippen molar-refractivity contribution in [2.75, 3.05) is 13.1 Å². The SMILES string of the molecule is O=C(c1cc2c(s1)CCCC2)N1CCC[C@H](n2cncn2)C1. The molecule has 0 aromatic carbocycles. The normalized spacial score (nSPS) is 21.6. The van der Waals surface area contributed by atoms with Gasteiger partial charge in [0.2, 0.25) is 0 Å². The van der Waals surface area contributed by atoms with Crippen molar-refractivity contribution >= 4 is 17.2 Å². The summed E-state index contributed by atoms with van der Waals surface area (Å²) in [7, 11) is 0. The Morgan fingerprint density at radius 2 is 2.18 bits per heavy atom. The summed E-state index contributed by atoms with van der Waals surface area (Å²) in [6, 6.07) is 2.40. The molecule has 1 aliphatic heterocycles. The molecule has 1 aliphatic carbocycles. The van der Waals surface area contributed by atoms with Crippen LogP contribution in [-0.2, 0) is 12.8 Å². The number of aryl methyl sites for hydroxylation is 2. The summed E-state index contributed by atoms with van der Waals surface area (Å²) in [4.78, 5) is 21.2. The molecule has 6 heteroatoms. The second kappa shape index (κ2) is 5.83. The van der Waals surface area contributed by atoms with Crippen LogP contribution < -0.4 is 0 Å². The highest BCUT2D eigenvalue weighted by molar-refractivity contribution is 7.14. The second-order valence-corrected chi connectivity index (χ2v) is 7.33. The molecule has 0 spiro atoms. The predicted molar refractivity (Wildman–Crippen MR) is 85.2 cm³/mol. The number of hydrogen-bond donors (Lipinski definition) is 0. The molecule has 4 rings (SSSR count). The largest absolute Gasteiger partial charge is 0.336 e. The van der Waals surface area contributed by atoms with E-state index in [1.165, 1.54) is 23.3 Å². The van der Waals surface area contributed by atoms with Crippen LogP contribution in [-0.4, -0.2) is 38.7 Å². The van der Waals surface area contributed by atoms with Gasteiger partial charge in [0.15, 0.2) is 0 Å². The Bertz CT molecular complexity index is 640. The molecule has 0 N–H and O–H groups in total. The number of carbonyl (C=O) groups is 1. The number of amides is 1. The first-order valence-electron chi connectivity index (χ1n) is 8.06. The number of fused-ring (bicyclic) bond motifs is 1. The first-order valence-corrected chi connectivity index (χ1v) is 8.88. The van der Waals surface area contributed by atoms with Crippen LogP contribution in [0.25, 0.3) is 0 Å². The highest BCUT2D eigenvalue weighted by Crippen LogP contribution is 2.31. The number of piperidine rings is 1. The van der Waals surface area contributed by atoms with Gasteiger partial charge in [0.05, 0.1) is 10.9 Å². The fraction of sp³-hybridized carbons (Fsp3) is 0.562. The van der Waals surface area contributed by atoms with Crippen molar-refractivity contribution in [3.05, 3.63) is 34.0 Å². The third-order valence-electron chi connectivity index (χ3n) is 4.70. The quantitative estimate of drug-likeness (QED) is 0.856. The van der Waals surface area contributed by atoms with Crippen molar-refractivity contribution in [3.8, 4) is 0 Å². The molecule has 3 heterocycles. The van der Waals surface area contributed by atoms with E-state index in [9.17, 15) is 4.79 Å². The van der Waals surface area contributed by atoms with Gasteiger partial charge >= 0.3 is 0 Å². The van der Waals surface area contributed by atoms with Gasteiger partial charge in [-0.15, -0.1) is 11.3 Å². The van der Waals surface area contributed by atoms with Crippen LogP contribution in [0.1, 0.15) is 51.8 Å². The lowest BCUT2D eigenvalue weighted by molar-refractivity contribution is 0.0677. The zero-order valence-corrected chi connectivity index (χ0v) is 13.4. The van der Waals surface area contributed by atoms with Gasteiger partial charge < -0.3 is 4.90 Å². The third kappa shape index (κ3) is 2.56. The Hall–Kier alpha value is -1.69. The molecule has 1 atom stereocenters. The van der Waals surface area contributed by atoms with Crippen LogP contribution in [0.5, 0.6) is 0 Å². The molecule has 0 radical (unpaired) electrons. The molecule has 2 aromatic heterocycles. The topological polar surface area (TPSA) is 51.0 Å². The minimum Gasteiger partial charge on any atom is -0.336 e. The zero-order valence-electron chi connectivity index (χ0n) is 12.6. The Balaban J connectivity index is 1.51. The van der Waals surface area contributed by atoms with Gasteiger partial charge in [-0.25, -0.2) is 9.67 Å². The third-order valence-corrected chi connectivity index (χ3v) is 5.93. The van der Waals surface area contributed by atoms with E-state index < -0.39 is 0 Å². The van der Waals surface area contributed by atoms with E-state index in [1.807, 2.05) is 9.58 Å². The molecule has 5 nitrogen and oxygen atoms in total. The minimum absolute atomic E-state index is 0.198. The van der Waals surface area contributed by atoms with Gasteiger partial charge in [-0.2, -0.15) is 5.10 Å². The van der Waals surface area contributed by atoms with Crippen molar-refractivity contribution in [2.24, 2.45) is 0 Å². The minimum atomic E-state index is 0.198. The lowest BCUT2D eigenvalue weighted by Gasteiger charge is -2.32. The molecule has 2 aromatic rings. The summed E-state index contributed by atoms with van der Waals surface area (Å²) in [6.07, 6.45) is 10.2. The van der Waals surface area contributed by atoms with Gasteiger partial charge in [0.25, 0.3) is 5.91 Å². The van der Waals surface area contributed by atoms with Crippen LogP contribution in [0.3, 0.4) is 0 Å². The van der Waals surface area contributed by atoms with E-state index in [1.54, 1.807) is 24.0 Å². The average molecular weight is 316 g/mol. The maximum absolute atomic E-state index is 12.8. The van der Waals surface area contributed by atoms with E-state index in [-0.39, 0.29) is 11.9 Å². The number of carbonyl (C=O) groups excluding carboxylic acids is 1. The maximum atomic E-state index is 12.8. The van der Waals surface area contributed by atoms with E-state index in [0.29, 0.717) is 0 Å².